The summed E-state index contributed by atoms with van der Waals surface area (Å²) in [4.78, 5) is 0. The Morgan fingerprint density at radius 1 is 1.40 bits per heavy atom. The van der Waals surface area contributed by atoms with Gasteiger partial charge in [0.25, 0.3) is 0 Å². The van der Waals surface area contributed by atoms with Crippen LogP contribution in [0.25, 0.3) is 0 Å². The molecule has 3 rings (SSSR count). The molecule has 0 fully saturated rings. The molecule has 2 aromatic rings. The van der Waals surface area contributed by atoms with Gasteiger partial charge in [0, 0.05) is 24.5 Å². The lowest BCUT2D eigenvalue weighted by Gasteiger charge is -2.14. The Morgan fingerprint density at radius 2 is 2.25 bits per heavy atom. The van der Waals surface area contributed by atoms with E-state index >= 15 is 0 Å². The Hall–Kier alpha value is -1.46. The highest BCUT2D eigenvalue weighted by Gasteiger charge is 2.20. The van der Waals surface area contributed by atoms with Crippen LogP contribution in [0.2, 0.25) is 5.02 Å². The van der Waals surface area contributed by atoms with Crippen molar-refractivity contribution >= 4 is 11.6 Å². The van der Waals surface area contributed by atoms with Crippen LogP contribution in [0.1, 0.15) is 36.6 Å². The van der Waals surface area contributed by atoms with Crippen LogP contribution in [0, 0.1) is 5.82 Å². The van der Waals surface area contributed by atoms with Gasteiger partial charge >= 0.3 is 0 Å². The average molecular weight is 295 g/mol. The van der Waals surface area contributed by atoms with Crippen molar-refractivity contribution < 1.29 is 4.39 Å². The molecule has 1 aromatic heterocycles. The van der Waals surface area contributed by atoms with Crippen molar-refractivity contribution in [2.24, 2.45) is 0 Å². The minimum absolute atomic E-state index is 0.0661. The summed E-state index contributed by atoms with van der Waals surface area (Å²) in [5.74, 6) is 1.69. The Kier molecular flexibility index (Phi) is 3.72. The molecule has 1 atom stereocenters. The van der Waals surface area contributed by atoms with Crippen molar-refractivity contribution in [2.75, 3.05) is 0 Å². The molecule has 6 heteroatoms. The topological polar surface area (TPSA) is 42.7 Å². The maximum absolute atomic E-state index is 13.3. The van der Waals surface area contributed by atoms with Crippen molar-refractivity contribution in [3.05, 3.63) is 46.3 Å². The number of nitrogens with one attached hydrogen (secondary N) is 1. The van der Waals surface area contributed by atoms with Gasteiger partial charge in [-0.2, -0.15) is 0 Å². The molecular formula is C14H16ClFN4. The van der Waals surface area contributed by atoms with E-state index < -0.39 is 0 Å². The van der Waals surface area contributed by atoms with E-state index in [2.05, 4.69) is 20.1 Å². The van der Waals surface area contributed by atoms with Crippen LogP contribution < -0.4 is 5.32 Å². The second-order valence-corrected chi connectivity index (χ2v) is 5.55. The molecule has 0 bridgehead atoms. The lowest BCUT2D eigenvalue weighted by atomic mass is 10.2. The van der Waals surface area contributed by atoms with Crippen molar-refractivity contribution in [3.63, 3.8) is 0 Å². The first-order chi connectivity index (χ1) is 9.63. The first-order valence-electron chi connectivity index (χ1n) is 6.74. The van der Waals surface area contributed by atoms with Gasteiger partial charge in [-0.1, -0.05) is 11.6 Å². The highest BCUT2D eigenvalue weighted by molar-refractivity contribution is 6.30. The van der Waals surface area contributed by atoms with E-state index in [9.17, 15) is 4.39 Å². The average Bonchev–Trinajstić information content (AvgIpc) is 2.96. The number of hydrogen-bond acceptors (Lipinski definition) is 3. The summed E-state index contributed by atoms with van der Waals surface area (Å²) in [6.45, 7) is 3.56. The van der Waals surface area contributed by atoms with E-state index in [-0.39, 0.29) is 11.9 Å². The van der Waals surface area contributed by atoms with Gasteiger partial charge in [0.1, 0.15) is 17.5 Å². The molecular weight excluding hydrogens is 279 g/mol. The molecule has 0 radical (unpaired) electrons. The van der Waals surface area contributed by atoms with Gasteiger partial charge in [0.15, 0.2) is 0 Å². The van der Waals surface area contributed by atoms with E-state index in [4.69, 9.17) is 11.6 Å². The molecule has 1 unspecified atom stereocenters. The lowest BCUT2D eigenvalue weighted by Crippen LogP contribution is -2.21. The fourth-order valence-electron chi connectivity index (χ4n) is 2.57. The third kappa shape index (κ3) is 2.69. The zero-order valence-electron chi connectivity index (χ0n) is 11.2. The normalized spacial score (nSPS) is 15.3. The van der Waals surface area contributed by atoms with Gasteiger partial charge in [-0.05, 0) is 37.1 Å². The van der Waals surface area contributed by atoms with Crippen molar-refractivity contribution in [3.8, 4) is 0 Å². The number of aryl methyl sites for hydroxylation is 1. The number of halogens is 2. The maximum Gasteiger partial charge on any atom is 0.149 e. The van der Waals surface area contributed by atoms with Crippen LogP contribution in [0.4, 0.5) is 4.39 Å². The predicted molar refractivity (Wildman–Crippen MR) is 75.0 cm³/mol. The highest BCUT2D eigenvalue weighted by atomic mass is 35.5. The molecule has 0 spiro atoms. The lowest BCUT2D eigenvalue weighted by molar-refractivity contribution is 0.514. The van der Waals surface area contributed by atoms with E-state index in [1.54, 1.807) is 6.07 Å². The summed E-state index contributed by atoms with van der Waals surface area (Å²) in [7, 11) is 0. The third-order valence-electron chi connectivity index (χ3n) is 3.56. The molecule has 2 heterocycles. The van der Waals surface area contributed by atoms with Crippen LogP contribution in [0.15, 0.2) is 18.2 Å². The minimum atomic E-state index is -0.315. The first kappa shape index (κ1) is 13.5. The largest absolute Gasteiger partial charge is 0.314 e. The SMILES string of the molecule is CC(NCc1cc(F)cc(Cl)c1)c1nnc2n1CCC2. The van der Waals surface area contributed by atoms with Crippen molar-refractivity contribution in [1.82, 2.24) is 20.1 Å². The summed E-state index contributed by atoms with van der Waals surface area (Å²) in [5.41, 5.74) is 0.822. The molecule has 0 amide bonds. The molecule has 0 saturated heterocycles. The van der Waals surface area contributed by atoms with Crippen LogP contribution >= 0.6 is 11.6 Å². The Bertz CT molecular complexity index is 605. The number of rotatable bonds is 4. The second kappa shape index (κ2) is 5.50. The summed E-state index contributed by atoms with van der Waals surface area (Å²) >= 11 is 5.85. The highest BCUT2D eigenvalue weighted by Crippen LogP contribution is 2.20. The summed E-state index contributed by atoms with van der Waals surface area (Å²) in [5, 5.41) is 12.2. The monoisotopic (exact) mass is 294 g/mol. The zero-order chi connectivity index (χ0) is 14.1. The van der Waals surface area contributed by atoms with Crippen molar-refractivity contribution in [1.29, 1.82) is 0 Å². The number of nitrogens with zero attached hydrogens (tertiary/aromatic N) is 3. The molecule has 0 saturated carbocycles. The van der Waals surface area contributed by atoms with Gasteiger partial charge < -0.3 is 9.88 Å². The quantitative estimate of drug-likeness (QED) is 0.943. The van der Waals surface area contributed by atoms with Gasteiger partial charge in [-0.25, -0.2) is 4.39 Å². The minimum Gasteiger partial charge on any atom is -0.314 e. The van der Waals surface area contributed by atoms with Gasteiger partial charge in [-0.3, -0.25) is 0 Å². The van der Waals surface area contributed by atoms with E-state index in [1.807, 2.05) is 6.92 Å². The van der Waals surface area contributed by atoms with Crippen LogP contribution in [-0.4, -0.2) is 14.8 Å². The Morgan fingerprint density at radius 3 is 3.05 bits per heavy atom. The fourth-order valence-corrected chi connectivity index (χ4v) is 2.81. The molecule has 106 valence electrons. The van der Waals surface area contributed by atoms with E-state index in [1.165, 1.54) is 12.1 Å². The number of benzene rings is 1. The van der Waals surface area contributed by atoms with Crippen LogP contribution in [0.5, 0.6) is 0 Å². The third-order valence-corrected chi connectivity index (χ3v) is 3.78. The maximum atomic E-state index is 13.3. The molecule has 1 N–H and O–H groups in total. The molecule has 20 heavy (non-hydrogen) atoms. The van der Waals surface area contributed by atoms with Gasteiger partial charge in [-0.15, -0.1) is 10.2 Å². The van der Waals surface area contributed by atoms with E-state index in [0.29, 0.717) is 11.6 Å². The molecule has 1 aromatic carbocycles. The van der Waals surface area contributed by atoms with Gasteiger partial charge in [0.2, 0.25) is 0 Å². The van der Waals surface area contributed by atoms with E-state index in [0.717, 1.165) is 36.6 Å². The summed E-state index contributed by atoms with van der Waals surface area (Å²) in [6.07, 6.45) is 2.13. The first-order valence-corrected chi connectivity index (χ1v) is 7.11. The summed E-state index contributed by atoms with van der Waals surface area (Å²) in [6, 6.07) is 4.62. The number of aromatic nitrogens is 3. The predicted octanol–water partition coefficient (Wildman–Crippen LogP) is 2.87. The smallest absolute Gasteiger partial charge is 0.149 e. The molecule has 1 aliphatic rings. The molecule has 1 aliphatic heterocycles. The molecule has 0 aliphatic carbocycles. The second-order valence-electron chi connectivity index (χ2n) is 5.11. The van der Waals surface area contributed by atoms with Crippen LogP contribution in [0.3, 0.4) is 0 Å². The number of fused-ring (bicyclic) bond motifs is 1. The standard InChI is InChI=1S/C14H16ClFN4/c1-9(14-19-18-13-3-2-4-20(13)14)17-8-10-5-11(15)7-12(16)6-10/h5-7,9,17H,2-4,8H2,1H3. The zero-order valence-corrected chi connectivity index (χ0v) is 12.0. The Balaban J connectivity index is 1.68. The number of hydrogen-bond donors (Lipinski definition) is 1. The Labute approximate surface area is 122 Å². The van der Waals surface area contributed by atoms with Crippen molar-refractivity contribution in [2.45, 2.75) is 38.9 Å². The van der Waals surface area contributed by atoms with Gasteiger partial charge in [0.05, 0.1) is 6.04 Å². The van der Waals surface area contributed by atoms with Crippen LogP contribution in [-0.2, 0) is 19.5 Å². The molecule has 4 nitrogen and oxygen atoms in total. The summed E-state index contributed by atoms with van der Waals surface area (Å²) < 4.78 is 15.4. The fraction of sp³-hybridized carbons (Fsp3) is 0.429.